The molecule has 1 aliphatic rings. The number of hydrogen-bond donors (Lipinski definition) is 1. The summed E-state index contributed by atoms with van der Waals surface area (Å²) in [7, 11) is 1.87. The molecule has 40 heavy (non-hydrogen) atoms. The number of rotatable bonds is 12. The van der Waals surface area contributed by atoms with Gasteiger partial charge in [-0.3, -0.25) is 24.2 Å². The second kappa shape index (κ2) is 13.3. The van der Waals surface area contributed by atoms with E-state index in [1.54, 1.807) is 16.9 Å². The van der Waals surface area contributed by atoms with Crippen LogP contribution in [0.2, 0.25) is 0 Å². The van der Waals surface area contributed by atoms with E-state index >= 15 is 0 Å². The summed E-state index contributed by atoms with van der Waals surface area (Å²) in [5, 5.41) is 7.24. The van der Waals surface area contributed by atoms with E-state index in [1.165, 1.54) is 32.4 Å². The number of ketones is 1. The van der Waals surface area contributed by atoms with Gasteiger partial charge in [0.2, 0.25) is 5.95 Å². The van der Waals surface area contributed by atoms with Crippen LogP contribution in [0.5, 0.6) is 0 Å². The maximum atomic E-state index is 13.3. The number of likely N-dealkylation sites (tertiary alicyclic amines) is 1. The Labute approximate surface area is 236 Å². The third-order valence-electron chi connectivity index (χ3n) is 7.45. The molecule has 5 rings (SSSR count). The minimum Gasteiger partial charge on any atom is -0.303 e. The molecule has 8 nitrogen and oxygen atoms in total. The number of anilines is 1. The lowest BCUT2D eigenvalue weighted by Crippen LogP contribution is -2.30. The zero-order valence-electron chi connectivity index (χ0n) is 23.3. The monoisotopic (exact) mass is 538 g/mol. The van der Waals surface area contributed by atoms with E-state index in [1.807, 2.05) is 72.5 Å². The highest BCUT2D eigenvalue weighted by Crippen LogP contribution is 2.22. The molecule has 1 saturated heterocycles. The lowest BCUT2D eigenvalue weighted by atomic mass is 10.1. The van der Waals surface area contributed by atoms with Crippen molar-refractivity contribution in [3.63, 3.8) is 0 Å². The number of piperidine rings is 1. The summed E-state index contributed by atoms with van der Waals surface area (Å²) in [5.74, 6) is 0.552. The van der Waals surface area contributed by atoms with Crippen molar-refractivity contribution in [2.75, 3.05) is 25.0 Å². The first-order valence-electron chi connectivity index (χ1n) is 14.3. The van der Waals surface area contributed by atoms with E-state index in [4.69, 9.17) is 4.98 Å². The molecule has 8 heteroatoms. The first-order valence-corrected chi connectivity index (χ1v) is 14.3. The third kappa shape index (κ3) is 7.33. The van der Waals surface area contributed by atoms with E-state index < -0.39 is 0 Å². The van der Waals surface area contributed by atoms with Gasteiger partial charge < -0.3 is 4.90 Å². The fraction of sp³-hybridized carbons (Fsp3) is 0.375. The van der Waals surface area contributed by atoms with Gasteiger partial charge in [0, 0.05) is 49.1 Å². The summed E-state index contributed by atoms with van der Waals surface area (Å²) in [5.41, 5.74) is 4.18. The number of carbonyl (C=O) groups is 2. The highest BCUT2D eigenvalue weighted by molar-refractivity contribution is 6.04. The van der Waals surface area contributed by atoms with E-state index in [9.17, 15) is 9.59 Å². The van der Waals surface area contributed by atoms with E-state index in [2.05, 4.69) is 15.3 Å². The van der Waals surface area contributed by atoms with Crippen molar-refractivity contribution < 1.29 is 9.59 Å². The molecule has 0 atom stereocenters. The van der Waals surface area contributed by atoms with Crippen molar-refractivity contribution in [3.05, 3.63) is 84.4 Å². The first-order chi connectivity index (χ1) is 19.5. The van der Waals surface area contributed by atoms with Gasteiger partial charge in [-0.25, -0.2) is 4.98 Å². The number of nitrogens with one attached hydrogen (secondary N) is 1. The molecule has 2 aromatic heterocycles. The highest BCUT2D eigenvalue weighted by atomic mass is 16.1. The molecular formula is C32H38N6O2. The predicted molar refractivity (Wildman–Crippen MR) is 158 cm³/mol. The number of imidazole rings is 1. The summed E-state index contributed by atoms with van der Waals surface area (Å²) in [6.07, 6.45) is 13.1. The van der Waals surface area contributed by atoms with Crippen molar-refractivity contribution in [3.8, 4) is 16.8 Å². The van der Waals surface area contributed by atoms with Crippen LogP contribution in [0.25, 0.3) is 16.8 Å². The SMILES string of the molecule is Cn1cc(-c2cccc(C(=O)Nc3nc(CCCC(=O)CCCN4CCCCC4)cn3-c3ccccc3)c2)cn1. The molecule has 1 amide bonds. The van der Waals surface area contributed by atoms with Crippen molar-refractivity contribution in [2.24, 2.45) is 7.05 Å². The number of benzene rings is 2. The van der Waals surface area contributed by atoms with Crippen molar-refractivity contribution >= 4 is 17.6 Å². The number of nitrogens with zero attached hydrogens (tertiary/aromatic N) is 5. The topological polar surface area (TPSA) is 85.0 Å². The number of hydrogen-bond acceptors (Lipinski definition) is 5. The maximum Gasteiger partial charge on any atom is 0.258 e. The van der Waals surface area contributed by atoms with E-state index in [0.29, 0.717) is 36.6 Å². The molecule has 0 radical (unpaired) electrons. The minimum atomic E-state index is -0.232. The van der Waals surface area contributed by atoms with Gasteiger partial charge >= 0.3 is 0 Å². The molecule has 0 spiro atoms. The molecule has 1 aliphatic heterocycles. The molecule has 1 fully saturated rings. The molecule has 2 aromatic carbocycles. The Balaban J connectivity index is 1.21. The van der Waals surface area contributed by atoms with Gasteiger partial charge in [-0.1, -0.05) is 36.8 Å². The van der Waals surface area contributed by atoms with Gasteiger partial charge in [0.1, 0.15) is 5.78 Å². The van der Waals surface area contributed by atoms with Crippen LogP contribution >= 0.6 is 0 Å². The predicted octanol–water partition coefficient (Wildman–Crippen LogP) is 5.68. The maximum absolute atomic E-state index is 13.3. The normalized spacial score (nSPS) is 13.8. The highest BCUT2D eigenvalue weighted by Gasteiger charge is 2.16. The second-order valence-corrected chi connectivity index (χ2v) is 10.6. The van der Waals surface area contributed by atoms with Crippen LogP contribution in [0.4, 0.5) is 5.95 Å². The Morgan fingerprint density at radius 1 is 0.900 bits per heavy atom. The molecule has 0 saturated carbocycles. The minimum absolute atomic E-state index is 0.232. The fourth-order valence-corrected chi connectivity index (χ4v) is 5.28. The third-order valence-corrected chi connectivity index (χ3v) is 7.45. The number of aryl methyl sites for hydroxylation is 2. The standard InChI is InChI=1S/C32H38N6O2/c1-36-23-27(22-33-36)25-11-8-12-26(21-25)31(40)35-32-34-28(24-38(32)29-14-4-2-5-15-29)13-9-16-30(39)17-10-20-37-18-6-3-7-19-37/h2,4-5,8,11-12,14-15,21-24H,3,6-7,9-10,13,16-20H2,1H3,(H,34,35,40). The number of para-hydroxylation sites is 1. The molecule has 208 valence electrons. The lowest BCUT2D eigenvalue weighted by molar-refractivity contribution is -0.119. The summed E-state index contributed by atoms with van der Waals surface area (Å²) in [6, 6.07) is 17.3. The zero-order chi connectivity index (χ0) is 27.7. The van der Waals surface area contributed by atoms with Crippen LogP contribution in [0.3, 0.4) is 0 Å². The summed E-state index contributed by atoms with van der Waals surface area (Å²) in [4.78, 5) is 33.0. The van der Waals surface area contributed by atoms with Crippen LogP contribution in [-0.4, -0.2) is 55.6 Å². The molecule has 0 aliphatic carbocycles. The molecule has 4 aromatic rings. The van der Waals surface area contributed by atoms with Gasteiger partial charge in [0.05, 0.1) is 11.9 Å². The molecule has 3 heterocycles. The van der Waals surface area contributed by atoms with E-state index in [-0.39, 0.29) is 5.91 Å². The Kier molecular flexibility index (Phi) is 9.18. The van der Waals surface area contributed by atoms with E-state index in [0.717, 1.165) is 41.9 Å². The fourth-order valence-electron chi connectivity index (χ4n) is 5.28. The Bertz CT molecular complexity index is 1420. The van der Waals surface area contributed by atoms with Crippen molar-refractivity contribution in [1.29, 1.82) is 0 Å². The van der Waals surface area contributed by atoms with Gasteiger partial charge in [-0.2, -0.15) is 5.10 Å². The van der Waals surface area contributed by atoms with Gasteiger partial charge in [0.25, 0.3) is 5.91 Å². The number of aromatic nitrogens is 4. The summed E-state index contributed by atoms with van der Waals surface area (Å²) < 4.78 is 3.64. The number of amides is 1. The molecular weight excluding hydrogens is 500 g/mol. The van der Waals surface area contributed by atoms with Gasteiger partial charge in [-0.15, -0.1) is 0 Å². The van der Waals surface area contributed by atoms with Crippen molar-refractivity contribution in [2.45, 2.75) is 51.4 Å². The second-order valence-electron chi connectivity index (χ2n) is 10.6. The van der Waals surface area contributed by atoms with Gasteiger partial charge in [0.15, 0.2) is 0 Å². The smallest absolute Gasteiger partial charge is 0.258 e. The number of Topliss-reactive ketones (excluding diaryl/α,β-unsaturated/α-hetero) is 1. The lowest BCUT2D eigenvalue weighted by Gasteiger charge is -2.26. The average molecular weight is 539 g/mol. The molecule has 0 unspecified atom stereocenters. The molecule has 0 bridgehead atoms. The summed E-state index contributed by atoms with van der Waals surface area (Å²) in [6.45, 7) is 3.38. The number of carbonyl (C=O) groups excluding carboxylic acids is 2. The Morgan fingerprint density at radius 3 is 2.48 bits per heavy atom. The van der Waals surface area contributed by atoms with Crippen LogP contribution in [0, 0.1) is 0 Å². The largest absolute Gasteiger partial charge is 0.303 e. The van der Waals surface area contributed by atoms with Gasteiger partial charge in [-0.05, 0) is 81.6 Å². The Hall–Kier alpha value is -4.04. The Morgan fingerprint density at radius 2 is 1.70 bits per heavy atom. The van der Waals surface area contributed by atoms with Crippen LogP contribution in [0.1, 0.15) is 61.0 Å². The zero-order valence-corrected chi connectivity index (χ0v) is 23.3. The van der Waals surface area contributed by atoms with Crippen LogP contribution < -0.4 is 5.32 Å². The van der Waals surface area contributed by atoms with Crippen molar-refractivity contribution in [1.82, 2.24) is 24.2 Å². The average Bonchev–Trinajstić information content (AvgIpc) is 3.60. The summed E-state index contributed by atoms with van der Waals surface area (Å²) >= 11 is 0. The quantitative estimate of drug-likeness (QED) is 0.251. The van der Waals surface area contributed by atoms with Crippen LogP contribution in [-0.2, 0) is 18.3 Å². The van der Waals surface area contributed by atoms with Crippen LogP contribution in [0.15, 0.2) is 73.2 Å². The first kappa shape index (κ1) is 27.5. The molecule has 1 N–H and O–H groups in total.